The number of hydrogen-bond acceptors (Lipinski definition) is 2. The third-order valence-electron chi connectivity index (χ3n) is 2.41. The molecule has 0 aliphatic carbocycles. The van der Waals surface area contributed by atoms with Gasteiger partial charge in [0.25, 0.3) is 0 Å². The van der Waals surface area contributed by atoms with Crippen molar-refractivity contribution in [2.24, 2.45) is 5.73 Å². The smallest absolute Gasteiger partial charge is 0.221 e. The van der Waals surface area contributed by atoms with Gasteiger partial charge in [0, 0.05) is 18.5 Å². The molecule has 0 fully saturated rings. The van der Waals surface area contributed by atoms with E-state index >= 15 is 0 Å². The van der Waals surface area contributed by atoms with Crippen LogP contribution in [-0.4, -0.2) is 18.0 Å². The van der Waals surface area contributed by atoms with Crippen molar-refractivity contribution in [1.82, 2.24) is 5.32 Å². The molecule has 90 valence electrons. The van der Waals surface area contributed by atoms with E-state index in [9.17, 15) is 4.79 Å². The van der Waals surface area contributed by atoms with Crippen LogP contribution in [0.4, 0.5) is 0 Å². The third-order valence-corrected chi connectivity index (χ3v) is 2.41. The van der Waals surface area contributed by atoms with E-state index in [1.165, 1.54) is 25.7 Å². The molecule has 0 aromatic rings. The highest BCUT2D eigenvalue weighted by molar-refractivity contribution is 5.76. The van der Waals surface area contributed by atoms with Crippen LogP contribution in [0.5, 0.6) is 0 Å². The van der Waals surface area contributed by atoms with Gasteiger partial charge < -0.3 is 11.1 Å². The van der Waals surface area contributed by atoms with Crippen molar-refractivity contribution in [1.29, 1.82) is 0 Å². The zero-order valence-corrected chi connectivity index (χ0v) is 10.4. The minimum absolute atomic E-state index is 0.0442. The first-order valence-corrected chi connectivity index (χ1v) is 6.11. The fraction of sp³-hybridized carbons (Fsp3) is 0.917. The van der Waals surface area contributed by atoms with Crippen LogP contribution in [0.1, 0.15) is 59.3 Å². The lowest BCUT2D eigenvalue weighted by molar-refractivity contribution is -0.121. The summed E-state index contributed by atoms with van der Waals surface area (Å²) in [5, 5.41) is 2.97. The summed E-state index contributed by atoms with van der Waals surface area (Å²) in [6.07, 6.45) is 6.52. The molecule has 3 N–H and O–H groups in total. The largest absolute Gasteiger partial charge is 0.354 e. The molecule has 0 bridgehead atoms. The topological polar surface area (TPSA) is 55.1 Å². The zero-order valence-electron chi connectivity index (χ0n) is 10.4. The number of nitrogens with one attached hydrogen (secondary N) is 1. The molecule has 0 aromatic carbocycles. The first-order chi connectivity index (χ1) is 7.06. The lowest BCUT2D eigenvalue weighted by Crippen LogP contribution is -2.35. The molecule has 0 saturated carbocycles. The fourth-order valence-electron chi connectivity index (χ4n) is 1.58. The van der Waals surface area contributed by atoms with Gasteiger partial charge in [-0.2, -0.15) is 0 Å². The number of carbonyl (C=O) groups excluding carboxylic acids is 1. The Morgan fingerprint density at radius 1 is 1.27 bits per heavy atom. The molecule has 2 unspecified atom stereocenters. The molecule has 0 heterocycles. The monoisotopic (exact) mass is 214 g/mol. The van der Waals surface area contributed by atoms with Gasteiger partial charge in [-0.1, -0.05) is 32.6 Å². The zero-order chi connectivity index (χ0) is 11.7. The number of unbranched alkanes of at least 4 members (excludes halogenated alkanes) is 3. The second-order valence-electron chi connectivity index (χ2n) is 4.50. The predicted molar refractivity (Wildman–Crippen MR) is 64.6 cm³/mol. The van der Waals surface area contributed by atoms with Gasteiger partial charge >= 0.3 is 0 Å². The minimum atomic E-state index is -0.0442. The van der Waals surface area contributed by atoms with Crippen LogP contribution in [0.2, 0.25) is 0 Å². The van der Waals surface area contributed by atoms with E-state index in [1.807, 2.05) is 6.92 Å². The van der Waals surface area contributed by atoms with Crippen molar-refractivity contribution in [3.8, 4) is 0 Å². The van der Waals surface area contributed by atoms with E-state index in [4.69, 9.17) is 5.73 Å². The molecule has 0 saturated heterocycles. The van der Waals surface area contributed by atoms with Gasteiger partial charge in [-0.15, -0.1) is 0 Å². The van der Waals surface area contributed by atoms with Crippen molar-refractivity contribution < 1.29 is 4.79 Å². The summed E-state index contributed by atoms with van der Waals surface area (Å²) >= 11 is 0. The van der Waals surface area contributed by atoms with Gasteiger partial charge in [0.05, 0.1) is 0 Å². The highest BCUT2D eigenvalue weighted by atomic mass is 16.1. The Hall–Kier alpha value is -0.570. The Labute approximate surface area is 93.8 Å². The van der Waals surface area contributed by atoms with Crippen LogP contribution in [0.25, 0.3) is 0 Å². The molecule has 0 rings (SSSR count). The highest BCUT2D eigenvalue weighted by Gasteiger charge is 2.08. The van der Waals surface area contributed by atoms with Crippen LogP contribution >= 0.6 is 0 Å². The molecule has 0 spiro atoms. The summed E-state index contributed by atoms with van der Waals surface area (Å²) in [7, 11) is 0. The Kier molecular flexibility index (Phi) is 8.38. The number of nitrogens with two attached hydrogens (primary N) is 1. The number of amides is 1. The van der Waals surface area contributed by atoms with E-state index in [1.54, 1.807) is 0 Å². The molecular weight excluding hydrogens is 188 g/mol. The van der Waals surface area contributed by atoms with Crippen molar-refractivity contribution in [3.05, 3.63) is 0 Å². The Balaban J connectivity index is 3.46. The van der Waals surface area contributed by atoms with Crippen molar-refractivity contribution in [2.45, 2.75) is 71.4 Å². The molecule has 3 nitrogen and oxygen atoms in total. The maximum absolute atomic E-state index is 11.4. The average molecular weight is 214 g/mol. The van der Waals surface area contributed by atoms with Crippen LogP contribution in [-0.2, 0) is 4.79 Å². The standard InChI is InChI=1S/C12H26N2O/c1-4-5-6-7-8-11(3)14-12(15)9-10(2)13/h10-11H,4-9,13H2,1-3H3,(H,14,15). The normalized spacial score (nSPS) is 14.7. The fourth-order valence-corrected chi connectivity index (χ4v) is 1.58. The quantitative estimate of drug-likeness (QED) is 0.609. The predicted octanol–water partition coefficient (Wildman–Crippen LogP) is 2.20. The number of rotatable bonds is 8. The lowest BCUT2D eigenvalue weighted by atomic mass is 10.1. The Morgan fingerprint density at radius 3 is 2.47 bits per heavy atom. The molecule has 0 aliphatic rings. The number of hydrogen-bond donors (Lipinski definition) is 2. The maximum atomic E-state index is 11.4. The molecule has 3 heteroatoms. The average Bonchev–Trinajstić information content (AvgIpc) is 2.10. The molecule has 2 atom stereocenters. The second kappa shape index (κ2) is 8.72. The van der Waals surface area contributed by atoms with Crippen LogP contribution in [0.3, 0.4) is 0 Å². The van der Waals surface area contributed by atoms with Crippen LogP contribution in [0.15, 0.2) is 0 Å². The van der Waals surface area contributed by atoms with Crippen molar-refractivity contribution in [3.63, 3.8) is 0 Å². The summed E-state index contributed by atoms with van der Waals surface area (Å²) in [5.74, 6) is 0.0768. The summed E-state index contributed by atoms with van der Waals surface area (Å²) in [5.41, 5.74) is 5.55. The van der Waals surface area contributed by atoms with E-state index in [0.717, 1.165) is 6.42 Å². The van der Waals surface area contributed by atoms with E-state index in [0.29, 0.717) is 6.42 Å². The first kappa shape index (κ1) is 14.4. The molecule has 0 radical (unpaired) electrons. The highest BCUT2D eigenvalue weighted by Crippen LogP contribution is 2.05. The molecule has 0 aromatic heterocycles. The van der Waals surface area contributed by atoms with Crippen molar-refractivity contribution in [2.75, 3.05) is 0 Å². The van der Waals surface area contributed by atoms with Gasteiger partial charge in [-0.05, 0) is 20.3 Å². The van der Waals surface area contributed by atoms with Crippen LogP contribution < -0.4 is 11.1 Å². The molecule has 0 aliphatic heterocycles. The molecule has 1 amide bonds. The third kappa shape index (κ3) is 9.73. The molecule has 15 heavy (non-hydrogen) atoms. The minimum Gasteiger partial charge on any atom is -0.354 e. The number of carbonyl (C=O) groups is 1. The lowest BCUT2D eigenvalue weighted by Gasteiger charge is -2.14. The van der Waals surface area contributed by atoms with Crippen molar-refractivity contribution >= 4 is 5.91 Å². The summed E-state index contributed by atoms with van der Waals surface area (Å²) in [6.45, 7) is 6.12. The summed E-state index contributed by atoms with van der Waals surface area (Å²) in [4.78, 5) is 11.4. The summed E-state index contributed by atoms with van der Waals surface area (Å²) < 4.78 is 0. The Morgan fingerprint density at radius 2 is 1.93 bits per heavy atom. The Bertz CT molecular complexity index is 169. The van der Waals surface area contributed by atoms with E-state index in [2.05, 4.69) is 19.2 Å². The van der Waals surface area contributed by atoms with E-state index < -0.39 is 0 Å². The summed E-state index contributed by atoms with van der Waals surface area (Å²) in [6, 6.07) is 0.241. The first-order valence-electron chi connectivity index (χ1n) is 6.11. The van der Waals surface area contributed by atoms with Crippen LogP contribution in [0, 0.1) is 0 Å². The second-order valence-corrected chi connectivity index (χ2v) is 4.50. The van der Waals surface area contributed by atoms with Gasteiger partial charge in [0.15, 0.2) is 0 Å². The molecular formula is C12H26N2O. The van der Waals surface area contributed by atoms with Gasteiger partial charge in [-0.3, -0.25) is 4.79 Å². The van der Waals surface area contributed by atoms with Gasteiger partial charge in [0.1, 0.15) is 0 Å². The van der Waals surface area contributed by atoms with E-state index in [-0.39, 0.29) is 18.0 Å². The maximum Gasteiger partial charge on any atom is 0.221 e. The SMILES string of the molecule is CCCCCCC(C)NC(=O)CC(C)N. The van der Waals surface area contributed by atoms with Gasteiger partial charge in [-0.25, -0.2) is 0 Å². The van der Waals surface area contributed by atoms with Gasteiger partial charge in [0.2, 0.25) is 5.91 Å².